The van der Waals surface area contributed by atoms with Crippen LogP contribution in [0.15, 0.2) is 32.3 Å². The van der Waals surface area contributed by atoms with E-state index in [1.807, 2.05) is 0 Å². The first-order chi connectivity index (χ1) is 7.73. The molecule has 0 radical (unpaired) electrons. The van der Waals surface area contributed by atoms with Crippen molar-refractivity contribution in [3.8, 4) is 0 Å². The minimum Gasteiger partial charge on any atom is -0.442 e. The van der Waals surface area contributed by atoms with E-state index in [-0.39, 0.29) is 15.6 Å². The largest absolute Gasteiger partial charge is 0.501 e. The van der Waals surface area contributed by atoms with Crippen LogP contribution < -0.4 is 0 Å². The predicted octanol–water partition coefficient (Wildman–Crippen LogP) is 2.88. The lowest BCUT2D eigenvalue weighted by atomic mass is 10.3. The fourth-order valence-corrected chi connectivity index (χ4v) is 2.69. The molecule has 1 heterocycles. The van der Waals surface area contributed by atoms with Crippen molar-refractivity contribution < 1.29 is 26.0 Å². The zero-order valence-electron chi connectivity index (χ0n) is 7.82. The first kappa shape index (κ1) is 12.4. The van der Waals surface area contributed by atoms with Gasteiger partial charge in [-0.15, -0.1) is 0 Å². The van der Waals surface area contributed by atoms with Gasteiger partial charge in [-0.1, -0.05) is 0 Å². The number of sulfone groups is 1. The molecule has 2 rings (SSSR count). The van der Waals surface area contributed by atoms with Gasteiger partial charge in [0.05, 0.1) is 9.37 Å². The van der Waals surface area contributed by atoms with Crippen molar-refractivity contribution in [1.82, 2.24) is 4.98 Å². The molecule has 0 amide bonds. The van der Waals surface area contributed by atoms with Gasteiger partial charge in [0.25, 0.3) is 9.84 Å². The quantitative estimate of drug-likeness (QED) is 0.807. The van der Waals surface area contributed by atoms with Gasteiger partial charge in [0.2, 0.25) is 0 Å². The summed E-state index contributed by atoms with van der Waals surface area (Å²) in [5, 5.41) is 0. The van der Waals surface area contributed by atoms with Crippen LogP contribution in [-0.4, -0.2) is 18.9 Å². The molecule has 1 aromatic carbocycles. The average molecular weight is 330 g/mol. The van der Waals surface area contributed by atoms with Crippen molar-refractivity contribution in [2.24, 2.45) is 0 Å². The van der Waals surface area contributed by atoms with Crippen LogP contribution in [0, 0.1) is 0 Å². The number of aromatic nitrogens is 1. The van der Waals surface area contributed by atoms with Gasteiger partial charge in [0.15, 0.2) is 12.0 Å². The summed E-state index contributed by atoms with van der Waals surface area (Å²) in [7, 11) is -5.38. The van der Waals surface area contributed by atoms with Crippen LogP contribution in [0.4, 0.5) is 13.2 Å². The van der Waals surface area contributed by atoms with Gasteiger partial charge in [-0.05, 0) is 28.1 Å². The van der Waals surface area contributed by atoms with E-state index < -0.39 is 20.2 Å². The molecule has 1 aromatic heterocycles. The Balaban J connectivity index is 2.73. The third-order valence-corrected chi connectivity index (χ3v) is 4.03. The van der Waals surface area contributed by atoms with Gasteiger partial charge in [-0.25, -0.2) is 13.4 Å². The lowest BCUT2D eigenvalue weighted by molar-refractivity contribution is -0.0435. The molecular formula is C8H3BrF3NO3S. The minimum atomic E-state index is -5.38. The van der Waals surface area contributed by atoms with E-state index in [4.69, 9.17) is 4.42 Å². The molecule has 0 atom stereocenters. The summed E-state index contributed by atoms with van der Waals surface area (Å²) in [4.78, 5) is 2.73. The lowest BCUT2D eigenvalue weighted by Gasteiger charge is -2.08. The molecule has 0 saturated heterocycles. The lowest BCUT2D eigenvalue weighted by Crippen LogP contribution is -2.23. The van der Waals surface area contributed by atoms with Gasteiger partial charge < -0.3 is 4.42 Å². The summed E-state index contributed by atoms with van der Waals surface area (Å²) in [6, 6.07) is 1.64. The summed E-state index contributed by atoms with van der Waals surface area (Å²) in [5.74, 6) is 0. The van der Waals surface area contributed by atoms with E-state index >= 15 is 0 Å². The van der Waals surface area contributed by atoms with Gasteiger partial charge in [0.1, 0.15) is 5.52 Å². The van der Waals surface area contributed by atoms with Crippen molar-refractivity contribution in [3.05, 3.63) is 23.0 Å². The van der Waals surface area contributed by atoms with Crippen molar-refractivity contribution >= 4 is 36.9 Å². The molecule has 9 heteroatoms. The van der Waals surface area contributed by atoms with Crippen LogP contribution in [0.1, 0.15) is 0 Å². The molecule has 4 nitrogen and oxygen atoms in total. The van der Waals surface area contributed by atoms with Crippen molar-refractivity contribution in [2.75, 3.05) is 0 Å². The van der Waals surface area contributed by atoms with E-state index in [0.717, 1.165) is 18.5 Å². The molecule has 2 aromatic rings. The number of fused-ring (bicyclic) bond motifs is 1. The molecule has 92 valence electrons. The maximum absolute atomic E-state index is 12.3. The highest BCUT2D eigenvalue weighted by molar-refractivity contribution is 9.10. The number of hydrogen-bond acceptors (Lipinski definition) is 4. The number of nitrogens with zero attached hydrogens (tertiary/aromatic N) is 1. The standard InChI is InChI=1S/C8H3BrF3NO3S/c9-5-1-4(17(14,15)8(10,11)12)2-6-7(5)16-3-13-6/h1-3H. The Bertz CT molecular complexity index is 677. The summed E-state index contributed by atoms with van der Waals surface area (Å²) < 4.78 is 64.3. The fourth-order valence-electron chi connectivity index (χ4n) is 1.19. The van der Waals surface area contributed by atoms with E-state index in [1.165, 1.54) is 0 Å². The highest BCUT2D eigenvalue weighted by atomic mass is 79.9. The second-order valence-electron chi connectivity index (χ2n) is 3.05. The number of halogens is 4. The Morgan fingerprint density at radius 3 is 2.53 bits per heavy atom. The van der Waals surface area contributed by atoms with Gasteiger partial charge >= 0.3 is 5.51 Å². The molecule has 0 bridgehead atoms. The van der Waals surface area contributed by atoms with Gasteiger partial charge in [-0.2, -0.15) is 13.2 Å². The Kier molecular flexibility index (Phi) is 2.69. The summed E-state index contributed by atoms with van der Waals surface area (Å²) >= 11 is 2.92. The van der Waals surface area contributed by atoms with Crippen LogP contribution in [0.3, 0.4) is 0 Å². The zero-order valence-corrected chi connectivity index (χ0v) is 10.2. The molecule has 17 heavy (non-hydrogen) atoms. The maximum Gasteiger partial charge on any atom is 0.501 e. The van der Waals surface area contributed by atoms with E-state index in [9.17, 15) is 21.6 Å². The minimum absolute atomic E-state index is 0.0298. The highest BCUT2D eigenvalue weighted by Gasteiger charge is 2.47. The summed E-state index contributed by atoms with van der Waals surface area (Å²) in [6.07, 6.45) is 1.01. The topological polar surface area (TPSA) is 60.2 Å². The van der Waals surface area contributed by atoms with Crippen LogP contribution in [0.2, 0.25) is 0 Å². The zero-order chi connectivity index (χ0) is 12.8. The van der Waals surface area contributed by atoms with Crippen LogP contribution in [0.25, 0.3) is 11.1 Å². The predicted molar refractivity (Wildman–Crippen MR) is 54.9 cm³/mol. The molecule has 0 spiro atoms. The number of oxazole rings is 1. The maximum atomic E-state index is 12.3. The van der Waals surface area contributed by atoms with Crippen LogP contribution in [-0.2, 0) is 9.84 Å². The van der Waals surface area contributed by atoms with Crippen molar-refractivity contribution in [2.45, 2.75) is 10.4 Å². The van der Waals surface area contributed by atoms with E-state index in [1.54, 1.807) is 0 Å². The Morgan fingerprint density at radius 2 is 1.94 bits per heavy atom. The molecule has 0 aliphatic heterocycles. The summed E-state index contributed by atoms with van der Waals surface area (Å²) in [6.45, 7) is 0. The fraction of sp³-hybridized carbons (Fsp3) is 0.125. The average Bonchev–Trinajstić information content (AvgIpc) is 2.64. The molecular weight excluding hydrogens is 327 g/mol. The first-order valence-electron chi connectivity index (χ1n) is 4.07. The molecule has 0 unspecified atom stereocenters. The van der Waals surface area contributed by atoms with Gasteiger partial charge in [-0.3, -0.25) is 0 Å². The molecule has 0 aliphatic carbocycles. The van der Waals surface area contributed by atoms with Crippen molar-refractivity contribution in [1.29, 1.82) is 0 Å². The van der Waals surface area contributed by atoms with E-state index in [2.05, 4.69) is 20.9 Å². The highest BCUT2D eigenvalue weighted by Crippen LogP contribution is 2.34. The first-order valence-corrected chi connectivity index (χ1v) is 6.35. The molecule has 0 fully saturated rings. The number of benzene rings is 1. The molecule has 0 aliphatic rings. The summed E-state index contributed by atoms with van der Waals surface area (Å²) in [5.41, 5.74) is -5.13. The number of hydrogen-bond donors (Lipinski definition) is 0. The number of rotatable bonds is 1. The molecule has 0 saturated carbocycles. The second-order valence-corrected chi connectivity index (χ2v) is 5.85. The third-order valence-electron chi connectivity index (χ3n) is 1.97. The smallest absolute Gasteiger partial charge is 0.442 e. The van der Waals surface area contributed by atoms with Crippen LogP contribution >= 0.6 is 15.9 Å². The molecule has 0 N–H and O–H groups in total. The third kappa shape index (κ3) is 1.93. The SMILES string of the molecule is O=S(=O)(c1cc(Br)c2ocnc2c1)C(F)(F)F. The van der Waals surface area contributed by atoms with Gasteiger partial charge in [0, 0.05) is 0 Å². The number of alkyl halides is 3. The Labute approximate surface area is 101 Å². The Morgan fingerprint density at radius 1 is 1.29 bits per heavy atom. The van der Waals surface area contributed by atoms with Crippen LogP contribution in [0.5, 0.6) is 0 Å². The van der Waals surface area contributed by atoms with Crippen molar-refractivity contribution in [3.63, 3.8) is 0 Å². The normalized spacial score (nSPS) is 13.2. The monoisotopic (exact) mass is 329 g/mol. The van der Waals surface area contributed by atoms with E-state index in [0.29, 0.717) is 0 Å². The Hall–Kier alpha value is -1.09. The second kappa shape index (κ2) is 3.70.